The zero-order valence-corrected chi connectivity index (χ0v) is 8.82. The zero-order valence-electron chi connectivity index (χ0n) is 7.17. The monoisotopic (exact) mass is 235 g/mol. The Bertz CT molecular complexity index is 397. The van der Waals surface area contributed by atoms with E-state index in [2.05, 4.69) is 17.4 Å². The average molecular weight is 236 g/mol. The van der Waals surface area contributed by atoms with E-state index in [-0.39, 0.29) is 16.3 Å². The van der Waals surface area contributed by atoms with Crippen molar-refractivity contribution in [2.24, 2.45) is 5.73 Å². The maximum Gasteiger partial charge on any atom is 0.410 e. The molecule has 0 heterocycles. The Kier molecular flexibility index (Phi) is 3.23. The number of carbonyl (C=O) groups excluding carboxylic acids is 1. The maximum absolute atomic E-state index is 13.3. The number of benzene rings is 1. The van der Waals surface area contributed by atoms with E-state index in [9.17, 15) is 9.18 Å². The van der Waals surface area contributed by atoms with Gasteiger partial charge in [-0.3, -0.25) is 0 Å². The number of nitrogens with two attached hydrogens (primary N) is 1. The lowest BCUT2D eigenvalue weighted by Crippen LogP contribution is -2.16. The Morgan fingerprint density at radius 3 is 2.79 bits per heavy atom. The Balaban J connectivity index is 3.25. The van der Waals surface area contributed by atoms with Crippen LogP contribution in [-0.2, 0) is 0 Å². The quantitative estimate of drug-likeness (QED) is 0.735. The molecule has 0 aliphatic rings. The maximum atomic E-state index is 13.3. The molecule has 2 N–H and O–H groups in total. The van der Waals surface area contributed by atoms with Gasteiger partial charge in [0.05, 0.1) is 0 Å². The fourth-order valence-electron chi connectivity index (χ4n) is 0.864. The number of hydrogen-bond acceptors (Lipinski definition) is 3. The molecule has 1 aromatic rings. The number of amides is 1. The summed E-state index contributed by atoms with van der Waals surface area (Å²) in [5, 5.41) is -0.279. The first-order chi connectivity index (χ1) is 6.43. The molecule has 1 rings (SSSR count). The molecule has 0 aliphatic carbocycles. The molecule has 6 heteroatoms. The van der Waals surface area contributed by atoms with Crippen molar-refractivity contribution in [1.29, 1.82) is 0 Å². The number of halogens is 2. The molecule has 76 valence electrons. The van der Waals surface area contributed by atoms with Crippen molar-refractivity contribution < 1.29 is 13.9 Å². The van der Waals surface area contributed by atoms with E-state index in [0.717, 1.165) is 0 Å². The summed E-state index contributed by atoms with van der Waals surface area (Å²) in [5.74, 6) is -0.803. The van der Waals surface area contributed by atoms with Crippen LogP contribution in [0.25, 0.3) is 0 Å². The van der Waals surface area contributed by atoms with Crippen molar-refractivity contribution in [3.05, 3.63) is 22.5 Å². The minimum absolute atomic E-state index is 0.132. The highest BCUT2D eigenvalue weighted by atomic mass is 35.5. The van der Waals surface area contributed by atoms with Crippen molar-refractivity contribution in [2.75, 3.05) is 0 Å². The first-order valence-corrected chi connectivity index (χ1v) is 4.41. The van der Waals surface area contributed by atoms with Gasteiger partial charge < -0.3 is 10.5 Å². The van der Waals surface area contributed by atoms with Crippen LogP contribution < -0.4 is 10.5 Å². The standard InChI is InChI=1S/C8H7ClFNO2S/c1-3-5(14)2-4(13-8(11)12)6(9)7(3)10/h2,14H,1H3,(H2,11,12). The van der Waals surface area contributed by atoms with Crippen LogP contribution >= 0.6 is 24.2 Å². The van der Waals surface area contributed by atoms with Crippen molar-refractivity contribution >= 4 is 30.3 Å². The van der Waals surface area contributed by atoms with Crippen molar-refractivity contribution in [3.8, 4) is 5.75 Å². The van der Waals surface area contributed by atoms with Crippen molar-refractivity contribution in [1.82, 2.24) is 0 Å². The topological polar surface area (TPSA) is 52.3 Å². The zero-order chi connectivity index (χ0) is 10.9. The van der Waals surface area contributed by atoms with Crippen LogP contribution in [0, 0.1) is 12.7 Å². The molecule has 0 bridgehead atoms. The second-order valence-electron chi connectivity index (χ2n) is 2.57. The number of primary amides is 1. The molecule has 0 atom stereocenters. The van der Waals surface area contributed by atoms with Crippen LogP contribution in [0.15, 0.2) is 11.0 Å². The van der Waals surface area contributed by atoms with E-state index in [1.807, 2.05) is 0 Å². The second kappa shape index (κ2) is 4.06. The van der Waals surface area contributed by atoms with E-state index in [0.29, 0.717) is 4.90 Å². The summed E-state index contributed by atoms with van der Waals surface area (Å²) in [4.78, 5) is 10.8. The van der Waals surface area contributed by atoms with Crippen LogP contribution in [0.3, 0.4) is 0 Å². The van der Waals surface area contributed by atoms with E-state index in [1.54, 1.807) is 0 Å². The second-order valence-corrected chi connectivity index (χ2v) is 3.43. The van der Waals surface area contributed by atoms with Crippen LogP contribution in [0.1, 0.15) is 5.56 Å². The third-order valence-corrected chi connectivity index (χ3v) is 2.42. The Morgan fingerprint density at radius 2 is 2.29 bits per heavy atom. The van der Waals surface area contributed by atoms with Gasteiger partial charge in [0.15, 0.2) is 5.75 Å². The third kappa shape index (κ3) is 2.10. The summed E-state index contributed by atoms with van der Waals surface area (Å²) >= 11 is 9.55. The summed E-state index contributed by atoms with van der Waals surface area (Å²) < 4.78 is 17.8. The van der Waals surface area contributed by atoms with Gasteiger partial charge in [-0.25, -0.2) is 9.18 Å². The molecule has 0 saturated heterocycles. The Morgan fingerprint density at radius 1 is 1.71 bits per heavy atom. The predicted octanol–water partition coefficient (Wildman–Crippen LogP) is 2.53. The summed E-state index contributed by atoms with van der Waals surface area (Å²) in [7, 11) is 0. The van der Waals surface area contributed by atoms with Crippen molar-refractivity contribution in [3.63, 3.8) is 0 Å². The molecule has 0 unspecified atom stereocenters. The van der Waals surface area contributed by atoms with Crippen LogP contribution in [-0.4, -0.2) is 6.09 Å². The molecule has 0 saturated carbocycles. The van der Waals surface area contributed by atoms with Crippen LogP contribution in [0.5, 0.6) is 5.75 Å². The first-order valence-electron chi connectivity index (χ1n) is 3.58. The lowest BCUT2D eigenvalue weighted by molar-refractivity contribution is 0.210. The number of carbonyl (C=O) groups is 1. The van der Waals surface area contributed by atoms with E-state index in [1.165, 1.54) is 13.0 Å². The van der Waals surface area contributed by atoms with E-state index in [4.69, 9.17) is 17.3 Å². The average Bonchev–Trinajstić information content (AvgIpc) is 2.10. The van der Waals surface area contributed by atoms with E-state index >= 15 is 0 Å². The fraction of sp³-hybridized carbons (Fsp3) is 0.125. The van der Waals surface area contributed by atoms with Gasteiger partial charge in [0, 0.05) is 4.90 Å². The molecule has 0 aliphatic heterocycles. The molecule has 0 fully saturated rings. The predicted molar refractivity (Wildman–Crippen MR) is 53.6 cm³/mol. The number of rotatable bonds is 1. The van der Waals surface area contributed by atoms with Gasteiger partial charge in [0.25, 0.3) is 0 Å². The molecule has 0 aromatic heterocycles. The van der Waals surface area contributed by atoms with Crippen LogP contribution in [0.4, 0.5) is 9.18 Å². The Labute approximate surface area is 90.4 Å². The molecule has 14 heavy (non-hydrogen) atoms. The largest absolute Gasteiger partial charge is 0.410 e. The van der Waals surface area contributed by atoms with Crippen molar-refractivity contribution in [2.45, 2.75) is 11.8 Å². The van der Waals surface area contributed by atoms with Gasteiger partial charge in [-0.1, -0.05) is 11.6 Å². The summed E-state index contributed by atoms with van der Waals surface area (Å²) in [6.07, 6.45) is -1.05. The third-order valence-electron chi connectivity index (χ3n) is 1.60. The molecule has 1 amide bonds. The first kappa shape index (κ1) is 11.1. The number of hydrogen-bond donors (Lipinski definition) is 2. The summed E-state index contributed by atoms with van der Waals surface area (Å²) in [5.41, 5.74) is 5.05. The minimum atomic E-state index is -1.05. The van der Waals surface area contributed by atoms with Gasteiger partial charge in [-0.05, 0) is 18.6 Å². The van der Waals surface area contributed by atoms with Gasteiger partial charge in [0.2, 0.25) is 0 Å². The molecular formula is C8H7ClFNO2S. The van der Waals surface area contributed by atoms with Gasteiger partial charge in [-0.15, -0.1) is 12.6 Å². The number of ether oxygens (including phenoxy) is 1. The molecule has 0 spiro atoms. The van der Waals surface area contributed by atoms with Gasteiger partial charge in [0.1, 0.15) is 10.8 Å². The van der Waals surface area contributed by atoms with Crippen LogP contribution in [0.2, 0.25) is 5.02 Å². The Hall–Kier alpha value is -0.940. The highest BCUT2D eigenvalue weighted by molar-refractivity contribution is 7.80. The molecule has 1 aromatic carbocycles. The number of thiol groups is 1. The highest BCUT2D eigenvalue weighted by Crippen LogP contribution is 2.33. The molecule has 3 nitrogen and oxygen atoms in total. The van der Waals surface area contributed by atoms with Gasteiger partial charge >= 0.3 is 6.09 Å². The SMILES string of the molecule is Cc1c(S)cc(OC(N)=O)c(Cl)c1F. The lowest BCUT2D eigenvalue weighted by Gasteiger charge is -2.08. The lowest BCUT2D eigenvalue weighted by atomic mass is 10.2. The fourth-order valence-corrected chi connectivity index (χ4v) is 1.31. The highest BCUT2D eigenvalue weighted by Gasteiger charge is 2.14. The smallest absolute Gasteiger partial charge is 0.409 e. The summed E-state index contributed by atoms with van der Waals surface area (Å²) in [6.45, 7) is 1.51. The van der Waals surface area contributed by atoms with Gasteiger partial charge in [-0.2, -0.15) is 0 Å². The summed E-state index contributed by atoms with van der Waals surface area (Å²) in [6, 6.07) is 1.33. The molecule has 0 radical (unpaired) electrons. The minimum Gasteiger partial charge on any atom is -0.409 e. The normalized spacial score (nSPS) is 10.0. The molecular weight excluding hydrogens is 229 g/mol. The van der Waals surface area contributed by atoms with E-state index < -0.39 is 11.9 Å².